The van der Waals surface area contributed by atoms with Crippen molar-refractivity contribution in [1.82, 2.24) is 10.6 Å². The van der Waals surface area contributed by atoms with Gasteiger partial charge in [-0.05, 0) is 36.5 Å². The number of nitrogens with one attached hydrogen (secondary N) is 2. The zero-order chi connectivity index (χ0) is 15.3. The summed E-state index contributed by atoms with van der Waals surface area (Å²) >= 11 is 0. The van der Waals surface area contributed by atoms with Crippen LogP contribution in [0, 0.1) is 5.92 Å². The number of hydrogen-bond donors (Lipinski definition) is 3. The minimum Gasteiger partial charge on any atom is -0.394 e. The molecule has 1 aliphatic rings. The molecule has 116 valence electrons. The predicted octanol–water partition coefficient (Wildman–Crippen LogP) is 2.08. The first-order chi connectivity index (χ1) is 10.1. The van der Waals surface area contributed by atoms with E-state index in [0.29, 0.717) is 11.5 Å². The first-order valence-corrected chi connectivity index (χ1v) is 7.75. The Labute approximate surface area is 126 Å². The molecule has 4 nitrogen and oxygen atoms in total. The second kappa shape index (κ2) is 7.05. The first-order valence-electron chi connectivity index (χ1n) is 7.75. The van der Waals surface area contributed by atoms with E-state index in [1.807, 2.05) is 24.3 Å². The van der Waals surface area contributed by atoms with E-state index in [4.69, 9.17) is 0 Å². The fraction of sp³-hybridized carbons (Fsp3) is 0.588. The van der Waals surface area contributed by atoms with Gasteiger partial charge in [-0.2, -0.15) is 0 Å². The molecule has 0 heterocycles. The minimum absolute atomic E-state index is 0.0672. The number of benzene rings is 1. The number of aliphatic hydroxyl groups is 1. The van der Waals surface area contributed by atoms with E-state index in [9.17, 15) is 9.90 Å². The third kappa shape index (κ3) is 4.05. The first kappa shape index (κ1) is 16.0. The molecule has 0 aromatic heterocycles. The van der Waals surface area contributed by atoms with E-state index >= 15 is 0 Å². The molecule has 3 N–H and O–H groups in total. The summed E-state index contributed by atoms with van der Waals surface area (Å²) in [5.74, 6) is 0.594. The molecule has 21 heavy (non-hydrogen) atoms. The number of rotatable bonds is 5. The molecular weight excluding hydrogens is 264 g/mol. The molecule has 1 aromatic carbocycles. The van der Waals surface area contributed by atoms with Crippen molar-refractivity contribution in [2.24, 2.45) is 5.92 Å². The van der Waals surface area contributed by atoms with E-state index < -0.39 is 0 Å². The van der Waals surface area contributed by atoms with Crippen LogP contribution in [0.4, 0.5) is 0 Å². The molecule has 0 saturated heterocycles. The van der Waals surface area contributed by atoms with Crippen LogP contribution in [-0.2, 0) is 6.54 Å². The fourth-order valence-electron chi connectivity index (χ4n) is 3.23. The Balaban J connectivity index is 1.96. The molecule has 2 unspecified atom stereocenters. The summed E-state index contributed by atoms with van der Waals surface area (Å²) in [6.07, 6.45) is 4.48. The number of carbonyl (C=O) groups is 1. The SMILES string of the molecule is CNC(=O)c1ccc(CNC2(CO)CCCC(C)C2)cc1. The van der Waals surface area contributed by atoms with Crippen molar-refractivity contribution in [2.45, 2.75) is 44.7 Å². The van der Waals surface area contributed by atoms with Gasteiger partial charge in [0.25, 0.3) is 5.91 Å². The van der Waals surface area contributed by atoms with Crippen LogP contribution < -0.4 is 10.6 Å². The molecule has 0 radical (unpaired) electrons. The van der Waals surface area contributed by atoms with Gasteiger partial charge in [-0.3, -0.25) is 4.79 Å². The highest BCUT2D eigenvalue weighted by atomic mass is 16.3. The summed E-state index contributed by atoms with van der Waals surface area (Å²) in [5, 5.41) is 15.9. The van der Waals surface area contributed by atoms with E-state index in [1.165, 1.54) is 12.8 Å². The van der Waals surface area contributed by atoms with Gasteiger partial charge in [0.1, 0.15) is 0 Å². The van der Waals surface area contributed by atoms with E-state index in [1.54, 1.807) is 7.05 Å². The maximum atomic E-state index is 11.5. The maximum Gasteiger partial charge on any atom is 0.251 e. The molecule has 1 amide bonds. The molecule has 0 spiro atoms. The number of amides is 1. The zero-order valence-electron chi connectivity index (χ0n) is 13.0. The monoisotopic (exact) mass is 290 g/mol. The topological polar surface area (TPSA) is 61.4 Å². The smallest absolute Gasteiger partial charge is 0.251 e. The normalized spacial score (nSPS) is 25.6. The van der Waals surface area contributed by atoms with Crippen LogP contribution >= 0.6 is 0 Å². The molecular formula is C17H26N2O2. The summed E-state index contributed by atoms with van der Waals surface area (Å²) in [7, 11) is 1.63. The van der Waals surface area contributed by atoms with Crippen molar-refractivity contribution in [2.75, 3.05) is 13.7 Å². The third-order valence-electron chi connectivity index (χ3n) is 4.50. The van der Waals surface area contributed by atoms with Crippen molar-refractivity contribution in [3.05, 3.63) is 35.4 Å². The van der Waals surface area contributed by atoms with Gasteiger partial charge in [-0.1, -0.05) is 31.9 Å². The van der Waals surface area contributed by atoms with Gasteiger partial charge in [0.15, 0.2) is 0 Å². The van der Waals surface area contributed by atoms with Gasteiger partial charge in [0.05, 0.1) is 6.61 Å². The van der Waals surface area contributed by atoms with Crippen molar-refractivity contribution >= 4 is 5.91 Å². The highest BCUT2D eigenvalue weighted by Crippen LogP contribution is 2.32. The van der Waals surface area contributed by atoms with E-state index in [0.717, 1.165) is 24.9 Å². The highest BCUT2D eigenvalue weighted by Gasteiger charge is 2.33. The summed E-state index contributed by atoms with van der Waals surface area (Å²) in [4.78, 5) is 11.5. The average molecular weight is 290 g/mol. The Morgan fingerprint density at radius 1 is 1.38 bits per heavy atom. The predicted molar refractivity (Wildman–Crippen MR) is 84.1 cm³/mol. The molecule has 0 bridgehead atoms. The zero-order valence-corrected chi connectivity index (χ0v) is 13.0. The summed E-state index contributed by atoms with van der Waals surface area (Å²) in [6.45, 7) is 3.17. The Morgan fingerprint density at radius 2 is 2.10 bits per heavy atom. The summed E-state index contributed by atoms with van der Waals surface area (Å²) in [5.41, 5.74) is 1.66. The van der Waals surface area contributed by atoms with Gasteiger partial charge < -0.3 is 15.7 Å². The molecule has 4 heteroatoms. The Morgan fingerprint density at radius 3 is 2.67 bits per heavy atom. The summed E-state index contributed by atoms with van der Waals surface area (Å²) < 4.78 is 0. The van der Waals surface area contributed by atoms with Gasteiger partial charge in [0, 0.05) is 24.7 Å². The Hall–Kier alpha value is -1.39. The van der Waals surface area contributed by atoms with Crippen LogP contribution in [0.2, 0.25) is 0 Å². The van der Waals surface area contributed by atoms with Gasteiger partial charge in [0.2, 0.25) is 0 Å². The van der Waals surface area contributed by atoms with E-state index in [2.05, 4.69) is 17.6 Å². The average Bonchev–Trinajstić information content (AvgIpc) is 2.53. The molecule has 1 aliphatic carbocycles. The van der Waals surface area contributed by atoms with Gasteiger partial charge in [-0.15, -0.1) is 0 Å². The molecule has 0 aliphatic heterocycles. The second-order valence-corrected chi connectivity index (χ2v) is 6.27. The van der Waals surface area contributed by atoms with Crippen LogP contribution in [-0.4, -0.2) is 30.2 Å². The van der Waals surface area contributed by atoms with Gasteiger partial charge in [-0.25, -0.2) is 0 Å². The maximum absolute atomic E-state index is 11.5. The largest absolute Gasteiger partial charge is 0.394 e. The lowest BCUT2D eigenvalue weighted by Crippen LogP contribution is -2.51. The quantitative estimate of drug-likeness (QED) is 0.778. The fourth-order valence-corrected chi connectivity index (χ4v) is 3.23. The Kier molecular flexibility index (Phi) is 5.37. The van der Waals surface area contributed by atoms with Crippen LogP contribution in [0.1, 0.15) is 48.5 Å². The molecule has 2 rings (SSSR count). The lowest BCUT2D eigenvalue weighted by atomic mass is 9.77. The molecule has 1 saturated carbocycles. The van der Waals surface area contributed by atoms with Gasteiger partial charge >= 0.3 is 0 Å². The lowest BCUT2D eigenvalue weighted by Gasteiger charge is -2.39. The number of carbonyl (C=O) groups excluding carboxylic acids is 1. The van der Waals surface area contributed by atoms with E-state index in [-0.39, 0.29) is 18.1 Å². The van der Waals surface area contributed by atoms with Crippen molar-refractivity contribution in [1.29, 1.82) is 0 Å². The van der Waals surface area contributed by atoms with Crippen molar-refractivity contribution in [3.8, 4) is 0 Å². The third-order valence-corrected chi connectivity index (χ3v) is 4.50. The van der Waals surface area contributed by atoms with Crippen molar-refractivity contribution < 1.29 is 9.90 Å². The minimum atomic E-state index is -0.142. The summed E-state index contributed by atoms with van der Waals surface area (Å²) in [6, 6.07) is 7.61. The molecule has 1 aromatic rings. The lowest BCUT2D eigenvalue weighted by molar-refractivity contribution is 0.0962. The molecule has 1 fully saturated rings. The highest BCUT2D eigenvalue weighted by molar-refractivity contribution is 5.93. The van der Waals surface area contributed by atoms with Crippen LogP contribution in [0.5, 0.6) is 0 Å². The number of aliphatic hydroxyl groups excluding tert-OH is 1. The standard InChI is InChI=1S/C17H26N2O2/c1-13-4-3-9-17(10-13,12-20)19-11-14-5-7-15(8-6-14)16(21)18-2/h5-8,13,19-20H,3-4,9-12H2,1-2H3,(H,18,21). The van der Waals surface area contributed by atoms with Crippen LogP contribution in [0.15, 0.2) is 24.3 Å². The Bertz CT molecular complexity index is 472. The van der Waals surface area contributed by atoms with Crippen LogP contribution in [0.3, 0.4) is 0 Å². The van der Waals surface area contributed by atoms with Crippen molar-refractivity contribution in [3.63, 3.8) is 0 Å². The second-order valence-electron chi connectivity index (χ2n) is 6.27. The molecule has 2 atom stereocenters. The van der Waals surface area contributed by atoms with Crippen LogP contribution in [0.25, 0.3) is 0 Å². The number of hydrogen-bond acceptors (Lipinski definition) is 3.